The van der Waals surface area contributed by atoms with Crippen molar-refractivity contribution in [2.24, 2.45) is 0 Å². The first-order valence-electron chi connectivity index (χ1n) is 5.65. The standard InChI is InChI=1S/C14H12BrN3O/c1-19-14-11(3-2-4-17-14)9-18-13-6-10(8-16)5-12(15)7-13/h2-7,18H,9H2,1H3. The zero-order valence-corrected chi connectivity index (χ0v) is 11.9. The Balaban J connectivity index is 2.15. The lowest BCUT2D eigenvalue weighted by Crippen LogP contribution is -2.03. The lowest BCUT2D eigenvalue weighted by molar-refractivity contribution is 0.393. The van der Waals surface area contributed by atoms with Crippen molar-refractivity contribution in [3.8, 4) is 11.9 Å². The van der Waals surface area contributed by atoms with Crippen LogP contribution in [0.3, 0.4) is 0 Å². The molecule has 2 rings (SSSR count). The first kappa shape index (κ1) is 13.4. The van der Waals surface area contributed by atoms with Crippen LogP contribution >= 0.6 is 15.9 Å². The Kier molecular flexibility index (Phi) is 4.37. The van der Waals surface area contributed by atoms with E-state index in [2.05, 4.69) is 32.3 Å². The summed E-state index contributed by atoms with van der Waals surface area (Å²) in [7, 11) is 1.60. The van der Waals surface area contributed by atoms with Crippen LogP contribution in [0.5, 0.6) is 5.88 Å². The number of nitriles is 1. The van der Waals surface area contributed by atoms with E-state index in [0.717, 1.165) is 15.7 Å². The summed E-state index contributed by atoms with van der Waals surface area (Å²) < 4.78 is 6.06. The Morgan fingerprint density at radius 1 is 1.42 bits per heavy atom. The third kappa shape index (κ3) is 3.46. The topological polar surface area (TPSA) is 57.9 Å². The number of hydrogen-bond donors (Lipinski definition) is 1. The lowest BCUT2D eigenvalue weighted by atomic mass is 10.2. The van der Waals surface area contributed by atoms with Crippen molar-refractivity contribution in [3.63, 3.8) is 0 Å². The number of halogens is 1. The minimum Gasteiger partial charge on any atom is -0.481 e. The molecule has 0 radical (unpaired) electrons. The van der Waals surface area contributed by atoms with E-state index in [1.807, 2.05) is 18.2 Å². The third-order valence-corrected chi connectivity index (χ3v) is 3.01. The van der Waals surface area contributed by atoms with Gasteiger partial charge in [-0.3, -0.25) is 0 Å². The molecule has 0 atom stereocenters. The summed E-state index contributed by atoms with van der Waals surface area (Å²) in [5, 5.41) is 12.2. The normalized spacial score (nSPS) is 9.74. The maximum absolute atomic E-state index is 8.93. The first-order valence-corrected chi connectivity index (χ1v) is 6.44. The van der Waals surface area contributed by atoms with Crippen molar-refractivity contribution >= 4 is 21.6 Å². The lowest BCUT2D eigenvalue weighted by Gasteiger charge is -2.10. The van der Waals surface area contributed by atoms with Gasteiger partial charge in [0.1, 0.15) is 0 Å². The van der Waals surface area contributed by atoms with Gasteiger partial charge in [-0.1, -0.05) is 22.0 Å². The molecule has 0 saturated carbocycles. The van der Waals surface area contributed by atoms with Crippen molar-refractivity contribution in [2.45, 2.75) is 6.54 Å². The molecule has 1 aromatic carbocycles. The maximum atomic E-state index is 8.93. The highest BCUT2D eigenvalue weighted by Crippen LogP contribution is 2.21. The van der Waals surface area contributed by atoms with Gasteiger partial charge in [0.2, 0.25) is 5.88 Å². The fourth-order valence-corrected chi connectivity index (χ4v) is 2.19. The molecule has 5 heteroatoms. The van der Waals surface area contributed by atoms with Crippen LogP contribution in [0.4, 0.5) is 5.69 Å². The highest BCUT2D eigenvalue weighted by molar-refractivity contribution is 9.10. The van der Waals surface area contributed by atoms with E-state index in [0.29, 0.717) is 18.0 Å². The molecule has 1 N–H and O–H groups in total. The molecule has 96 valence electrons. The van der Waals surface area contributed by atoms with Crippen molar-refractivity contribution in [3.05, 3.63) is 52.1 Å². The smallest absolute Gasteiger partial charge is 0.218 e. The van der Waals surface area contributed by atoms with Crippen molar-refractivity contribution in [1.82, 2.24) is 4.98 Å². The zero-order chi connectivity index (χ0) is 13.7. The van der Waals surface area contributed by atoms with Crippen LogP contribution in [0.15, 0.2) is 41.0 Å². The van der Waals surface area contributed by atoms with E-state index in [1.165, 1.54) is 0 Å². The number of aromatic nitrogens is 1. The quantitative estimate of drug-likeness (QED) is 0.939. The number of nitrogens with zero attached hydrogens (tertiary/aromatic N) is 2. The molecule has 0 aliphatic rings. The van der Waals surface area contributed by atoms with Gasteiger partial charge in [-0.25, -0.2) is 4.98 Å². The fraction of sp³-hybridized carbons (Fsp3) is 0.143. The minimum atomic E-state index is 0.582. The Morgan fingerprint density at radius 3 is 3.00 bits per heavy atom. The summed E-state index contributed by atoms with van der Waals surface area (Å²) in [4.78, 5) is 4.14. The second kappa shape index (κ2) is 6.21. The number of ether oxygens (including phenoxy) is 1. The van der Waals surface area contributed by atoms with Gasteiger partial charge in [0.15, 0.2) is 0 Å². The van der Waals surface area contributed by atoms with Crippen LogP contribution in [-0.4, -0.2) is 12.1 Å². The van der Waals surface area contributed by atoms with Crippen LogP contribution in [-0.2, 0) is 6.54 Å². The fourth-order valence-electron chi connectivity index (χ4n) is 1.70. The molecule has 0 bridgehead atoms. The molecule has 0 fully saturated rings. The molecule has 1 heterocycles. The maximum Gasteiger partial charge on any atom is 0.218 e. The monoisotopic (exact) mass is 317 g/mol. The number of rotatable bonds is 4. The van der Waals surface area contributed by atoms with Gasteiger partial charge >= 0.3 is 0 Å². The average molecular weight is 318 g/mol. The number of nitrogens with one attached hydrogen (secondary N) is 1. The van der Waals surface area contributed by atoms with Crippen LogP contribution in [0.25, 0.3) is 0 Å². The van der Waals surface area contributed by atoms with Gasteiger partial charge in [-0.15, -0.1) is 0 Å². The average Bonchev–Trinajstić information content (AvgIpc) is 2.44. The van der Waals surface area contributed by atoms with E-state index in [4.69, 9.17) is 10.00 Å². The van der Waals surface area contributed by atoms with E-state index < -0.39 is 0 Å². The predicted molar refractivity (Wildman–Crippen MR) is 77.0 cm³/mol. The summed E-state index contributed by atoms with van der Waals surface area (Å²) in [5.74, 6) is 0.602. The summed E-state index contributed by atoms with van der Waals surface area (Å²) >= 11 is 3.38. The van der Waals surface area contributed by atoms with E-state index >= 15 is 0 Å². The Morgan fingerprint density at radius 2 is 2.26 bits per heavy atom. The molecule has 19 heavy (non-hydrogen) atoms. The summed E-state index contributed by atoms with van der Waals surface area (Å²) in [5.41, 5.74) is 2.44. The molecular weight excluding hydrogens is 306 g/mol. The van der Waals surface area contributed by atoms with Crippen LogP contribution < -0.4 is 10.1 Å². The van der Waals surface area contributed by atoms with E-state index in [9.17, 15) is 0 Å². The number of methoxy groups -OCH3 is 1. The second-order valence-corrected chi connectivity index (χ2v) is 4.78. The van der Waals surface area contributed by atoms with E-state index in [1.54, 1.807) is 25.4 Å². The second-order valence-electron chi connectivity index (χ2n) is 3.87. The summed E-state index contributed by atoms with van der Waals surface area (Å²) in [6, 6.07) is 11.4. The summed E-state index contributed by atoms with van der Waals surface area (Å²) in [6.07, 6.45) is 1.69. The largest absolute Gasteiger partial charge is 0.481 e. The van der Waals surface area contributed by atoms with E-state index in [-0.39, 0.29) is 0 Å². The van der Waals surface area contributed by atoms with Crippen LogP contribution in [0, 0.1) is 11.3 Å². The summed E-state index contributed by atoms with van der Waals surface area (Å²) in [6.45, 7) is 0.582. The molecule has 1 aromatic heterocycles. The van der Waals surface area contributed by atoms with Gasteiger partial charge < -0.3 is 10.1 Å². The third-order valence-electron chi connectivity index (χ3n) is 2.55. The van der Waals surface area contributed by atoms with Crippen LogP contribution in [0.2, 0.25) is 0 Å². The molecule has 0 unspecified atom stereocenters. The van der Waals surface area contributed by atoms with Gasteiger partial charge in [0.05, 0.1) is 18.7 Å². The van der Waals surface area contributed by atoms with Crippen LogP contribution in [0.1, 0.15) is 11.1 Å². The minimum absolute atomic E-state index is 0.582. The Bertz CT molecular complexity index is 622. The number of pyridine rings is 1. The molecule has 0 saturated heterocycles. The Hall–Kier alpha value is -2.06. The van der Waals surface area contributed by atoms with Gasteiger partial charge in [0, 0.05) is 28.5 Å². The number of anilines is 1. The Labute approximate surface area is 120 Å². The number of hydrogen-bond acceptors (Lipinski definition) is 4. The van der Waals surface area contributed by atoms with Crippen molar-refractivity contribution < 1.29 is 4.74 Å². The molecule has 0 aliphatic carbocycles. The molecule has 0 amide bonds. The molecule has 2 aromatic rings. The van der Waals surface area contributed by atoms with Gasteiger partial charge in [-0.2, -0.15) is 5.26 Å². The van der Waals surface area contributed by atoms with Gasteiger partial charge in [-0.05, 0) is 24.3 Å². The molecule has 4 nitrogen and oxygen atoms in total. The highest BCUT2D eigenvalue weighted by atomic mass is 79.9. The highest BCUT2D eigenvalue weighted by Gasteiger charge is 2.04. The number of benzene rings is 1. The SMILES string of the molecule is COc1ncccc1CNc1cc(Br)cc(C#N)c1. The zero-order valence-electron chi connectivity index (χ0n) is 10.4. The first-order chi connectivity index (χ1) is 9.22. The van der Waals surface area contributed by atoms with Crippen molar-refractivity contribution in [2.75, 3.05) is 12.4 Å². The van der Waals surface area contributed by atoms with Crippen molar-refractivity contribution in [1.29, 1.82) is 5.26 Å². The molecular formula is C14H12BrN3O. The molecule has 0 spiro atoms. The predicted octanol–water partition coefficient (Wildman–Crippen LogP) is 3.34. The van der Waals surface area contributed by atoms with Gasteiger partial charge in [0.25, 0.3) is 0 Å². The molecule has 0 aliphatic heterocycles.